The molecule has 66 valence electrons. The topological polar surface area (TPSA) is 68.1 Å². The molecule has 0 aromatic carbocycles. The molecule has 0 aliphatic carbocycles. The minimum Gasteiger partial charge on any atom is -0.464 e. The molecule has 0 fully saturated rings. The zero-order chi connectivity index (χ0) is 9.14. The van der Waals surface area contributed by atoms with Gasteiger partial charge in [0.15, 0.2) is 0 Å². The molecule has 0 amide bonds. The number of carbonyl (C=O) groups excluding carboxylic acids is 1. The minimum absolute atomic E-state index is 0.162. The third kappa shape index (κ3) is 1.48. The molecule has 0 bridgehead atoms. The highest BCUT2D eigenvalue weighted by molar-refractivity contribution is 5.89. The number of methoxy groups -OCH3 is 1. The third-order valence-electron chi connectivity index (χ3n) is 1.66. The van der Waals surface area contributed by atoms with Crippen molar-refractivity contribution in [2.45, 2.75) is 13.0 Å². The monoisotopic (exact) mass is 168 g/mol. The van der Waals surface area contributed by atoms with Crippen LogP contribution in [-0.2, 0) is 4.74 Å². The average Bonchev–Trinajstić information content (AvgIpc) is 2.50. The van der Waals surface area contributed by atoms with Crippen LogP contribution in [-0.4, -0.2) is 18.1 Å². The number of aromatic amines is 1. The van der Waals surface area contributed by atoms with Gasteiger partial charge in [-0.05, 0) is 13.0 Å². The normalized spacial score (nSPS) is 12.6. The Labute approximate surface area is 70.7 Å². The van der Waals surface area contributed by atoms with Gasteiger partial charge in [-0.2, -0.15) is 0 Å². The van der Waals surface area contributed by atoms with Gasteiger partial charge in [0.1, 0.15) is 5.69 Å². The Balaban J connectivity index is 2.99. The van der Waals surface area contributed by atoms with Crippen molar-refractivity contribution in [1.82, 2.24) is 4.98 Å². The first-order valence-electron chi connectivity index (χ1n) is 3.68. The Morgan fingerprint density at radius 2 is 2.42 bits per heavy atom. The van der Waals surface area contributed by atoms with E-state index < -0.39 is 0 Å². The van der Waals surface area contributed by atoms with Gasteiger partial charge in [0, 0.05) is 17.8 Å². The van der Waals surface area contributed by atoms with Gasteiger partial charge in [0.2, 0.25) is 0 Å². The predicted molar refractivity (Wildman–Crippen MR) is 44.7 cm³/mol. The van der Waals surface area contributed by atoms with Gasteiger partial charge in [-0.15, -0.1) is 0 Å². The molecule has 0 radical (unpaired) electrons. The predicted octanol–water partition coefficient (Wildman–Crippen LogP) is 0.821. The zero-order valence-electron chi connectivity index (χ0n) is 7.13. The molecule has 12 heavy (non-hydrogen) atoms. The zero-order valence-corrected chi connectivity index (χ0v) is 7.13. The molecule has 4 heteroatoms. The van der Waals surface area contributed by atoms with Gasteiger partial charge >= 0.3 is 5.97 Å². The number of hydrogen-bond donors (Lipinski definition) is 2. The first-order chi connectivity index (χ1) is 5.66. The molecule has 1 aromatic rings. The maximum atomic E-state index is 11.1. The minimum atomic E-state index is -0.382. The number of H-pyrrole nitrogens is 1. The first-order valence-corrected chi connectivity index (χ1v) is 3.68. The van der Waals surface area contributed by atoms with E-state index >= 15 is 0 Å². The lowest BCUT2D eigenvalue weighted by Gasteiger charge is -2.04. The van der Waals surface area contributed by atoms with Crippen molar-refractivity contribution < 1.29 is 9.53 Å². The van der Waals surface area contributed by atoms with Gasteiger partial charge in [0.25, 0.3) is 0 Å². The summed E-state index contributed by atoms with van der Waals surface area (Å²) in [7, 11) is 1.34. The molecule has 0 saturated carbocycles. The van der Waals surface area contributed by atoms with Crippen LogP contribution < -0.4 is 5.73 Å². The van der Waals surface area contributed by atoms with E-state index in [-0.39, 0.29) is 12.0 Å². The van der Waals surface area contributed by atoms with Crippen LogP contribution in [0.2, 0.25) is 0 Å². The fourth-order valence-corrected chi connectivity index (χ4v) is 1.04. The summed E-state index contributed by atoms with van der Waals surface area (Å²) >= 11 is 0. The summed E-state index contributed by atoms with van der Waals surface area (Å²) in [6.45, 7) is 1.82. The molecule has 0 unspecified atom stereocenters. The van der Waals surface area contributed by atoms with Gasteiger partial charge in [-0.25, -0.2) is 4.79 Å². The van der Waals surface area contributed by atoms with Gasteiger partial charge in [-0.3, -0.25) is 0 Å². The number of aromatic nitrogens is 1. The van der Waals surface area contributed by atoms with E-state index in [1.807, 2.05) is 6.92 Å². The summed E-state index contributed by atoms with van der Waals surface area (Å²) in [6, 6.07) is 1.61. The summed E-state index contributed by atoms with van der Waals surface area (Å²) in [5.41, 5.74) is 6.84. The summed E-state index contributed by atoms with van der Waals surface area (Å²) in [6.07, 6.45) is 1.67. The van der Waals surface area contributed by atoms with Gasteiger partial charge in [-0.1, -0.05) is 0 Å². The molecule has 1 atom stereocenters. The lowest BCUT2D eigenvalue weighted by Crippen LogP contribution is -2.11. The molecule has 0 aliphatic rings. The number of hydrogen-bond acceptors (Lipinski definition) is 3. The lowest BCUT2D eigenvalue weighted by atomic mass is 10.1. The van der Waals surface area contributed by atoms with E-state index in [2.05, 4.69) is 9.72 Å². The maximum Gasteiger partial charge on any atom is 0.354 e. The second-order valence-corrected chi connectivity index (χ2v) is 2.59. The van der Waals surface area contributed by atoms with Crippen LogP contribution in [0.1, 0.15) is 29.0 Å². The Kier molecular flexibility index (Phi) is 2.50. The van der Waals surface area contributed by atoms with Crippen molar-refractivity contribution in [2.75, 3.05) is 7.11 Å². The molecule has 0 saturated heterocycles. The smallest absolute Gasteiger partial charge is 0.354 e. The van der Waals surface area contributed by atoms with Crippen molar-refractivity contribution in [3.8, 4) is 0 Å². The van der Waals surface area contributed by atoms with E-state index in [4.69, 9.17) is 5.73 Å². The van der Waals surface area contributed by atoms with E-state index in [0.29, 0.717) is 5.69 Å². The Morgan fingerprint density at radius 1 is 1.75 bits per heavy atom. The number of nitrogens with one attached hydrogen (secondary N) is 1. The van der Waals surface area contributed by atoms with Crippen molar-refractivity contribution in [3.63, 3.8) is 0 Å². The van der Waals surface area contributed by atoms with E-state index in [1.54, 1.807) is 12.3 Å². The van der Waals surface area contributed by atoms with Crippen LogP contribution in [0.3, 0.4) is 0 Å². The van der Waals surface area contributed by atoms with Crippen molar-refractivity contribution in [2.24, 2.45) is 5.73 Å². The fourth-order valence-electron chi connectivity index (χ4n) is 1.04. The summed E-state index contributed by atoms with van der Waals surface area (Å²) in [5.74, 6) is -0.382. The van der Waals surface area contributed by atoms with Crippen molar-refractivity contribution in [3.05, 3.63) is 23.5 Å². The van der Waals surface area contributed by atoms with Crippen LogP contribution in [0, 0.1) is 0 Å². The number of carbonyl (C=O) groups is 1. The number of ether oxygens (including phenoxy) is 1. The number of nitrogens with two attached hydrogens (primary N) is 1. The van der Waals surface area contributed by atoms with E-state index in [0.717, 1.165) is 5.56 Å². The van der Waals surface area contributed by atoms with Crippen LogP contribution in [0.4, 0.5) is 0 Å². The van der Waals surface area contributed by atoms with Crippen LogP contribution >= 0.6 is 0 Å². The maximum absolute atomic E-state index is 11.1. The largest absolute Gasteiger partial charge is 0.464 e. The van der Waals surface area contributed by atoms with E-state index in [9.17, 15) is 4.79 Å². The lowest BCUT2D eigenvalue weighted by molar-refractivity contribution is 0.0593. The van der Waals surface area contributed by atoms with Gasteiger partial charge < -0.3 is 15.5 Å². The fraction of sp³-hybridized carbons (Fsp3) is 0.375. The second-order valence-electron chi connectivity index (χ2n) is 2.59. The number of esters is 1. The summed E-state index contributed by atoms with van der Waals surface area (Å²) < 4.78 is 4.56. The molecular weight excluding hydrogens is 156 g/mol. The Morgan fingerprint density at radius 3 is 2.92 bits per heavy atom. The molecule has 3 N–H and O–H groups in total. The van der Waals surface area contributed by atoms with Crippen LogP contribution in [0.25, 0.3) is 0 Å². The quantitative estimate of drug-likeness (QED) is 0.642. The summed E-state index contributed by atoms with van der Waals surface area (Å²) in [4.78, 5) is 13.9. The Hall–Kier alpha value is -1.29. The molecule has 0 aliphatic heterocycles. The number of rotatable bonds is 2. The van der Waals surface area contributed by atoms with Crippen molar-refractivity contribution in [1.29, 1.82) is 0 Å². The average molecular weight is 168 g/mol. The Bertz CT molecular complexity index is 278. The molecule has 0 spiro atoms. The molecule has 4 nitrogen and oxygen atoms in total. The van der Waals surface area contributed by atoms with E-state index in [1.165, 1.54) is 7.11 Å². The third-order valence-corrected chi connectivity index (χ3v) is 1.66. The van der Waals surface area contributed by atoms with Gasteiger partial charge in [0.05, 0.1) is 7.11 Å². The molecule has 1 rings (SSSR count). The molecule has 1 heterocycles. The standard InChI is InChI=1S/C8H12N2O2/c1-5(9)6-3-4-10-7(6)8(11)12-2/h3-5,10H,9H2,1-2H3/t5-/m1/s1. The molecule has 1 aromatic heterocycles. The highest BCUT2D eigenvalue weighted by Gasteiger charge is 2.14. The highest BCUT2D eigenvalue weighted by atomic mass is 16.5. The molecular formula is C8H12N2O2. The second kappa shape index (κ2) is 3.40. The van der Waals surface area contributed by atoms with Crippen LogP contribution in [0.5, 0.6) is 0 Å². The van der Waals surface area contributed by atoms with Crippen LogP contribution in [0.15, 0.2) is 12.3 Å². The van der Waals surface area contributed by atoms with Crippen molar-refractivity contribution >= 4 is 5.97 Å². The highest BCUT2D eigenvalue weighted by Crippen LogP contribution is 2.14. The SMILES string of the molecule is COC(=O)c1[nH]ccc1[C@@H](C)N. The summed E-state index contributed by atoms with van der Waals surface area (Å²) in [5, 5.41) is 0. The first kappa shape index (κ1) is 8.80.